The third kappa shape index (κ3) is 4.41. The molecule has 1 aliphatic heterocycles. The molecule has 0 atom stereocenters. The van der Waals surface area contributed by atoms with Crippen LogP contribution in [0.15, 0.2) is 36.4 Å². The van der Waals surface area contributed by atoms with Gasteiger partial charge in [-0.05, 0) is 30.3 Å². The van der Waals surface area contributed by atoms with E-state index in [2.05, 4.69) is 10.6 Å². The number of hydrogen-bond acceptors (Lipinski definition) is 6. The van der Waals surface area contributed by atoms with Crippen molar-refractivity contribution in [1.82, 2.24) is 10.6 Å². The van der Waals surface area contributed by atoms with Crippen LogP contribution in [-0.4, -0.2) is 45.9 Å². The molecule has 0 aromatic heterocycles. The maximum Gasteiger partial charge on any atom is 0.251 e. The SMILES string of the molecule is COc1cc(OC)cc(C(=O)NCCNC(=O)c2ccc3c(c2)OCO3)c1. The molecule has 0 aliphatic carbocycles. The van der Waals surface area contributed by atoms with Crippen molar-refractivity contribution >= 4 is 11.8 Å². The second-order valence-electron chi connectivity index (χ2n) is 5.68. The van der Waals surface area contributed by atoms with E-state index in [4.69, 9.17) is 18.9 Å². The number of rotatable bonds is 7. The molecule has 1 aliphatic rings. The Kier molecular flexibility index (Phi) is 5.65. The predicted octanol–water partition coefficient (Wildman–Crippen LogP) is 1.59. The zero-order valence-corrected chi connectivity index (χ0v) is 15.0. The number of ether oxygens (including phenoxy) is 4. The third-order valence-electron chi connectivity index (χ3n) is 3.94. The molecule has 3 rings (SSSR count). The Labute approximate surface area is 156 Å². The van der Waals surface area contributed by atoms with Crippen molar-refractivity contribution in [3.05, 3.63) is 47.5 Å². The first-order valence-corrected chi connectivity index (χ1v) is 8.30. The summed E-state index contributed by atoms with van der Waals surface area (Å²) >= 11 is 0. The Balaban J connectivity index is 1.50. The van der Waals surface area contributed by atoms with Gasteiger partial charge in [-0.25, -0.2) is 0 Å². The number of fused-ring (bicyclic) bond motifs is 1. The summed E-state index contributed by atoms with van der Waals surface area (Å²) in [5.41, 5.74) is 0.872. The zero-order chi connectivity index (χ0) is 19.2. The lowest BCUT2D eigenvalue weighted by Crippen LogP contribution is -2.34. The lowest BCUT2D eigenvalue weighted by molar-refractivity contribution is 0.0927. The first-order chi connectivity index (χ1) is 13.1. The monoisotopic (exact) mass is 372 g/mol. The molecule has 1 heterocycles. The van der Waals surface area contributed by atoms with Crippen LogP contribution in [0.2, 0.25) is 0 Å². The van der Waals surface area contributed by atoms with Gasteiger partial charge >= 0.3 is 0 Å². The van der Waals surface area contributed by atoms with Crippen LogP contribution in [-0.2, 0) is 0 Å². The van der Waals surface area contributed by atoms with E-state index in [9.17, 15) is 9.59 Å². The first-order valence-electron chi connectivity index (χ1n) is 8.30. The molecule has 0 saturated carbocycles. The number of carbonyl (C=O) groups is 2. The van der Waals surface area contributed by atoms with Gasteiger partial charge in [0.15, 0.2) is 11.5 Å². The fraction of sp³-hybridized carbons (Fsp3) is 0.263. The number of nitrogens with one attached hydrogen (secondary N) is 2. The molecular weight excluding hydrogens is 352 g/mol. The molecule has 2 aromatic rings. The number of amides is 2. The Hall–Kier alpha value is -3.42. The summed E-state index contributed by atoms with van der Waals surface area (Å²) in [7, 11) is 3.03. The van der Waals surface area contributed by atoms with Crippen LogP contribution in [0.1, 0.15) is 20.7 Å². The van der Waals surface area contributed by atoms with Gasteiger partial charge in [-0.1, -0.05) is 0 Å². The lowest BCUT2D eigenvalue weighted by atomic mass is 10.2. The van der Waals surface area contributed by atoms with Crippen molar-refractivity contribution in [2.75, 3.05) is 34.1 Å². The highest BCUT2D eigenvalue weighted by molar-refractivity contribution is 5.96. The van der Waals surface area contributed by atoms with Crippen molar-refractivity contribution in [3.8, 4) is 23.0 Å². The highest BCUT2D eigenvalue weighted by Crippen LogP contribution is 2.32. The molecule has 2 N–H and O–H groups in total. The van der Waals surface area contributed by atoms with E-state index in [1.807, 2.05) is 0 Å². The maximum absolute atomic E-state index is 12.3. The van der Waals surface area contributed by atoms with Gasteiger partial charge in [0.1, 0.15) is 11.5 Å². The average Bonchev–Trinajstić information content (AvgIpc) is 3.18. The average molecular weight is 372 g/mol. The number of benzene rings is 2. The molecule has 27 heavy (non-hydrogen) atoms. The fourth-order valence-electron chi connectivity index (χ4n) is 2.53. The van der Waals surface area contributed by atoms with Crippen LogP contribution in [0, 0.1) is 0 Å². The van der Waals surface area contributed by atoms with E-state index in [1.165, 1.54) is 14.2 Å². The van der Waals surface area contributed by atoms with Crippen LogP contribution in [0.5, 0.6) is 23.0 Å². The van der Waals surface area contributed by atoms with Crippen molar-refractivity contribution < 1.29 is 28.5 Å². The van der Waals surface area contributed by atoms with Crippen LogP contribution >= 0.6 is 0 Å². The van der Waals surface area contributed by atoms with Gasteiger partial charge in [0, 0.05) is 30.3 Å². The summed E-state index contributed by atoms with van der Waals surface area (Å²) in [6.45, 7) is 0.705. The number of methoxy groups -OCH3 is 2. The summed E-state index contributed by atoms with van der Waals surface area (Å²) < 4.78 is 20.8. The number of carbonyl (C=O) groups excluding carboxylic acids is 2. The maximum atomic E-state index is 12.3. The third-order valence-corrected chi connectivity index (χ3v) is 3.94. The van der Waals surface area contributed by atoms with Crippen LogP contribution < -0.4 is 29.6 Å². The van der Waals surface area contributed by atoms with Gasteiger partial charge in [0.05, 0.1) is 14.2 Å². The van der Waals surface area contributed by atoms with Gasteiger partial charge in [-0.15, -0.1) is 0 Å². The second-order valence-corrected chi connectivity index (χ2v) is 5.68. The van der Waals surface area contributed by atoms with Gasteiger partial charge in [0.25, 0.3) is 11.8 Å². The molecule has 0 fully saturated rings. The Morgan fingerprint density at radius 1 is 0.852 bits per heavy atom. The molecule has 2 amide bonds. The van der Waals surface area contributed by atoms with E-state index in [-0.39, 0.29) is 31.7 Å². The standard InChI is InChI=1S/C19H20N2O6/c1-24-14-7-13(8-15(10-14)25-2)19(23)21-6-5-20-18(22)12-3-4-16-17(9-12)27-11-26-16/h3-4,7-10H,5-6,11H2,1-2H3,(H,20,22)(H,21,23). The van der Waals surface area contributed by atoms with Crippen LogP contribution in [0.25, 0.3) is 0 Å². The molecule has 8 heteroatoms. The zero-order valence-electron chi connectivity index (χ0n) is 15.0. The van der Waals surface area contributed by atoms with Gasteiger partial charge in [0.2, 0.25) is 6.79 Å². The van der Waals surface area contributed by atoms with E-state index in [0.717, 1.165) is 0 Å². The minimum Gasteiger partial charge on any atom is -0.497 e. The number of hydrogen-bond donors (Lipinski definition) is 2. The largest absolute Gasteiger partial charge is 0.497 e. The Morgan fingerprint density at radius 3 is 2.07 bits per heavy atom. The highest BCUT2D eigenvalue weighted by Gasteiger charge is 2.16. The van der Waals surface area contributed by atoms with Gasteiger partial charge < -0.3 is 29.6 Å². The Bertz CT molecular complexity index is 830. The summed E-state index contributed by atoms with van der Waals surface area (Å²) in [5, 5.41) is 5.48. The lowest BCUT2D eigenvalue weighted by Gasteiger charge is -2.10. The normalized spacial score (nSPS) is 11.6. The summed E-state index contributed by atoms with van der Waals surface area (Å²) in [4.78, 5) is 24.4. The van der Waals surface area contributed by atoms with E-state index >= 15 is 0 Å². The molecule has 142 valence electrons. The minimum atomic E-state index is -0.287. The van der Waals surface area contributed by atoms with Crippen molar-refractivity contribution in [3.63, 3.8) is 0 Å². The van der Waals surface area contributed by atoms with Crippen LogP contribution in [0.4, 0.5) is 0 Å². The smallest absolute Gasteiger partial charge is 0.251 e. The van der Waals surface area contributed by atoms with E-state index < -0.39 is 0 Å². The fourth-order valence-corrected chi connectivity index (χ4v) is 2.53. The van der Waals surface area contributed by atoms with E-state index in [0.29, 0.717) is 34.1 Å². The highest BCUT2D eigenvalue weighted by atomic mass is 16.7. The predicted molar refractivity (Wildman–Crippen MR) is 96.8 cm³/mol. The molecule has 0 bridgehead atoms. The van der Waals surface area contributed by atoms with Crippen molar-refractivity contribution in [1.29, 1.82) is 0 Å². The van der Waals surface area contributed by atoms with Crippen LogP contribution in [0.3, 0.4) is 0 Å². The summed E-state index contributed by atoms with van der Waals surface area (Å²) in [6.07, 6.45) is 0. The summed E-state index contributed by atoms with van der Waals surface area (Å²) in [6, 6.07) is 9.88. The molecule has 2 aromatic carbocycles. The molecule has 8 nitrogen and oxygen atoms in total. The van der Waals surface area contributed by atoms with Crippen molar-refractivity contribution in [2.45, 2.75) is 0 Å². The Morgan fingerprint density at radius 2 is 1.44 bits per heavy atom. The first kappa shape index (κ1) is 18.4. The summed E-state index contributed by atoms with van der Waals surface area (Å²) in [5.74, 6) is 1.66. The molecule has 0 radical (unpaired) electrons. The topological polar surface area (TPSA) is 95.1 Å². The molecule has 0 unspecified atom stereocenters. The second kappa shape index (κ2) is 8.31. The molecule has 0 spiro atoms. The molecular formula is C19H20N2O6. The van der Waals surface area contributed by atoms with Gasteiger partial charge in [-0.3, -0.25) is 9.59 Å². The minimum absolute atomic E-state index is 0.154. The van der Waals surface area contributed by atoms with E-state index in [1.54, 1.807) is 36.4 Å². The quantitative estimate of drug-likeness (QED) is 0.717. The van der Waals surface area contributed by atoms with Gasteiger partial charge in [-0.2, -0.15) is 0 Å². The van der Waals surface area contributed by atoms with Crippen molar-refractivity contribution in [2.24, 2.45) is 0 Å². The molecule has 0 saturated heterocycles.